The molecule has 1 N–H and O–H groups in total. The number of ether oxygens (including phenoxy) is 2. The van der Waals surface area contributed by atoms with Crippen LogP contribution in [0.1, 0.15) is 24.8 Å². The summed E-state index contributed by atoms with van der Waals surface area (Å²) in [5.41, 5.74) is 9.53. The topological polar surface area (TPSA) is 101 Å². The van der Waals surface area contributed by atoms with Gasteiger partial charge in [-0.25, -0.2) is 9.59 Å². The number of hydrogen-bond acceptors (Lipinski definition) is 4. The second-order valence-electron chi connectivity index (χ2n) is 4.48. The van der Waals surface area contributed by atoms with Gasteiger partial charge in [0, 0.05) is 6.54 Å². The molecule has 0 bridgehead atoms. The maximum atomic E-state index is 11.5. The van der Waals surface area contributed by atoms with Gasteiger partial charge in [-0.2, -0.15) is 4.79 Å². The number of hydrogen-bond donors (Lipinski definition) is 1. The summed E-state index contributed by atoms with van der Waals surface area (Å²) in [6.07, 6.45) is 0.987. The third-order valence-corrected chi connectivity index (χ3v) is 2.86. The molecule has 0 atom stereocenters. The number of esters is 1. The molecule has 1 aromatic rings. The largest absolute Gasteiger partial charge is 0.460 e. The van der Waals surface area contributed by atoms with Crippen molar-refractivity contribution in [1.29, 1.82) is 0 Å². The Morgan fingerprint density at radius 3 is 2.59 bits per heavy atom. The number of unbranched alkanes of at least 4 members (excludes halogenated alkanes) is 1. The molecule has 118 valence electrons. The summed E-state index contributed by atoms with van der Waals surface area (Å²) in [5, 5.41) is 2.61. The number of alkyl carbamates (subject to hydrolysis) is 1. The number of nitrogens with one attached hydrogen (secondary N) is 1. The quantitative estimate of drug-likeness (QED) is 0.261. The Morgan fingerprint density at radius 1 is 1.23 bits per heavy atom. The number of amides is 1. The average molecular weight is 305 g/mol. The van der Waals surface area contributed by atoms with Crippen LogP contribution in [0.4, 0.5) is 4.79 Å². The molecular weight excluding hydrogens is 286 g/mol. The van der Waals surface area contributed by atoms with Crippen molar-refractivity contribution in [1.82, 2.24) is 5.32 Å². The van der Waals surface area contributed by atoms with E-state index in [2.05, 4.69) is 14.8 Å². The Bertz CT molecular complexity index is 539. The first-order valence-corrected chi connectivity index (χ1v) is 6.91. The van der Waals surface area contributed by atoms with Gasteiger partial charge in [-0.15, -0.1) is 0 Å². The molecule has 0 aliphatic rings. The van der Waals surface area contributed by atoms with Crippen LogP contribution < -0.4 is 5.32 Å². The molecule has 0 fully saturated rings. The van der Waals surface area contributed by atoms with Gasteiger partial charge in [-0.1, -0.05) is 30.3 Å². The van der Waals surface area contributed by atoms with Crippen LogP contribution >= 0.6 is 0 Å². The lowest BCUT2D eigenvalue weighted by Gasteiger charge is -2.06. The van der Waals surface area contributed by atoms with E-state index in [9.17, 15) is 9.59 Å². The highest BCUT2D eigenvalue weighted by molar-refractivity contribution is 6.33. The Morgan fingerprint density at radius 2 is 1.95 bits per heavy atom. The molecule has 1 rings (SSSR count). The summed E-state index contributed by atoms with van der Waals surface area (Å²) in [6, 6.07) is 9.38. The third kappa shape index (κ3) is 6.67. The molecule has 0 aliphatic heterocycles. The summed E-state index contributed by atoms with van der Waals surface area (Å²) < 4.78 is 9.50. The van der Waals surface area contributed by atoms with Gasteiger partial charge < -0.3 is 20.3 Å². The highest BCUT2D eigenvalue weighted by Crippen LogP contribution is 2.01. The van der Waals surface area contributed by atoms with Crippen LogP contribution in [-0.2, 0) is 20.9 Å². The van der Waals surface area contributed by atoms with Crippen molar-refractivity contribution in [2.75, 3.05) is 13.7 Å². The monoisotopic (exact) mass is 305 g/mol. The predicted octanol–water partition coefficient (Wildman–Crippen LogP) is 1.93. The van der Waals surface area contributed by atoms with Crippen LogP contribution in [0.25, 0.3) is 5.53 Å². The summed E-state index contributed by atoms with van der Waals surface area (Å²) in [6.45, 7) is 0.629. The van der Waals surface area contributed by atoms with Crippen LogP contribution in [0.15, 0.2) is 30.3 Å². The minimum Gasteiger partial charge on any atom is -0.460 e. The van der Waals surface area contributed by atoms with Gasteiger partial charge in [0.05, 0.1) is 13.5 Å². The maximum Gasteiger partial charge on any atom is 0.416 e. The molecule has 0 saturated heterocycles. The van der Waals surface area contributed by atoms with Gasteiger partial charge >= 0.3 is 17.8 Å². The van der Waals surface area contributed by atoms with E-state index < -0.39 is 12.1 Å². The smallest absolute Gasteiger partial charge is 0.416 e. The molecule has 0 aliphatic carbocycles. The molecule has 7 nitrogen and oxygen atoms in total. The van der Waals surface area contributed by atoms with E-state index in [0.29, 0.717) is 19.4 Å². The summed E-state index contributed by atoms with van der Waals surface area (Å²) in [7, 11) is 1.22. The Hall–Kier alpha value is -2.66. The fourth-order valence-electron chi connectivity index (χ4n) is 1.69. The van der Waals surface area contributed by atoms with Crippen LogP contribution in [0.3, 0.4) is 0 Å². The molecule has 0 radical (unpaired) electrons. The zero-order valence-corrected chi connectivity index (χ0v) is 12.4. The first-order valence-electron chi connectivity index (χ1n) is 6.91. The SMILES string of the molecule is COC(=O)C(CCCCNC(=O)OCc1ccccc1)=[N+]=[N-]. The molecule has 0 aromatic heterocycles. The van der Waals surface area contributed by atoms with Crippen molar-refractivity contribution in [3.63, 3.8) is 0 Å². The van der Waals surface area contributed by atoms with Gasteiger partial charge in [-0.3, -0.25) is 0 Å². The zero-order valence-electron chi connectivity index (χ0n) is 12.4. The van der Waals surface area contributed by atoms with Gasteiger partial charge in [-0.05, 0) is 18.4 Å². The normalized spacial score (nSPS) is 9.50. The van der Waals surface area contributed by atoms with E-state index in [1.807, 2.05) is 30.3 Å². The summed E-state index contributed by atoms with van der Waals surface area (Å²) in [5.74, 6) is -0.655. The Kier molecular flexibility index (Phi) is 8.00. The highest BCUT2D eigenvalue weighted by atomic mass is 16.5. The molecule has 1 aromatic carbocycles. The van der Waals surface area contributed by atoms with E-state index in [1.54, 1.807) is 0 Å². The summed E-state index contributed by atoms with van der Waals surface area (Å²) in [4.78, 5) is 25.5. The molecule has 1 amide bonds. The van der Waals surface area contributed by atoms with Gasteiger partial charge in [0.2, 0.25) is 0 Å². The predicted molar refractivity (Wildman–Crippen MR) is 79.1 cm³/mol. The van der Waals surface area contributed by atoms with Crippen molar-refractivity contribution < 1.29 is 23.9 Å². The first-order chi connectivity index (χ1) is 10.7. The number of carbonyl (C=O) groups is 2. The molecule has 0 saturated carbocycles. The minimum atomic E-state index is -0.655. The van der Waals surface area contributed by atoms with Crippen LogP contribution in [-0.4, -0.2) is 36.2 Å². The van der Waals surface area contributed by atoms with Crippen molar-refractivity contribution in [3.8, 4) is 0 Å². The fourth-order valence-corrected chi connectivity index (χ4v) is 1.69. The Labute approximate surface area is 128 Å². The number of nitrogens with zero attached hydrogens (tertiary/aromatic N) is 2. The highest BCUT2D eigenvalue weighted by Gasteiger charge is 2.19. The molecule has 22 heavy (non-hydrogen) atoms. The fraction of sp³-hybridized carbons (Fsp3) is 0.400. The Balaban J connectivity index is 2.13. The average Bonchev–Trinajstić information content (AvgIpc) is 2.56. The van der Waals surface area contributed by atoms with Crippen molar-refractivity contribution in [2.24, 2.45) is 0 Å². The van der Waals surface area contributed by atoms with E-state index >= 15 is 0 Å². The van der Waals surface area contributed by atoms with E-state index in [0.717, 1.165) is 5.56 Å². The van der Waals surface area contributed by atoms with E-state index in [4.69, 9.17) is 10.3 Å². The van der Waals surface area contributed by atoms with Crippen LogP contribution in [0.5, 0.6) is 0 Å². The lowest BCUT2D eigenvalue weighted by Crippen LogP contribution is -2.25. The molecule has 7 heteroatoms. The molecule has 0 unspecified atom stereocenters. The lowest BCUT2D eigenvalue weighted by molar-refractivity contribution is -0.137. The van der Waals surface area contributed by atoms with E-state index in [1.165, 1.54) is 7.11 Å². The standard InChI is InChI=1S/C15H19N3O4/c1-21-14(19)13(18-16)9-5-6-10-17-15(20)22-11-12-7-3-2-4-8-12/h2-4,7-8H,5-6,9-11H2,1H3,(H,17,20). The minimum absolute atomic E-state index is 0.0332. The van der Waals surface area contributed by atoms with Gasteiger partial charge in [0.1, 0.15) is 6.61 Å². The van der Waals surface area contributed by atoms with Crippen molar-refractivity contribution in [3.05, 3.63) is 41.4 Å². The lowest BCUT2D eigenvalue weighted by atomic mass is 10.1. The number of benzene rings is 1. The van der Waals surface area contributed by atoms with Crippen LogP contribution in [0, 0.1) is 0 Å². The molecule has 0 heterocycles. The van der Waals surface area contributed by atoms with Crippen LogP contribution in [0.2, 0.25) is 0 Å². The van der Waals surface area contributed by atoms with Crippen molar-refractivity contribution >= 4 is 17.8 Å². The van der Waals surface area contributed by atoms with Gasteiger partial charge in [0.25, 0.3) is 0 Å². The maximum absolute atomic E-state index is 11.5. The van der Waals surface area contributed by atoms with E-state index in [-0.39, 0.29) is 18.7 Å². The zero-order chi connectivity index (χ0) is 16.2. The molecule has 0 spiro atoms. The second-order valence-corrected chi connectivity index (χ2v) is 4.48. The third-order valence-electron chi connectivity index (χ3n) is 2.86. The second kappa shape index (κ2) is 10.1. The first kappa shape index (κ1) is 17.4. The molecular formula is C15H19N3O4. The number of methoxy groups -OCH3 is 1. The number of rotatable bonds is 8. The van der Waals surface area contributed by atoms with Crippen molar-refractivity contribution in [2.45, 2.75) is 25.9 Å². The number of carbonyl (C=O) groups excluding carboxylic acids is 2. The summed E-state index contributed by atoms with van der Waals surface area (Å²) >= 11 is 0. The van der Waals surface area contributed by atoms with Gasteiger partial charge in [0.15, 0.2) is 0 Å².